The monoisotopic (exact) mass is 221 g/mol. The molecule has 0 aromatic heterocycles. The van der Waals surface area contributed by atoms with Gasteiger partial charge in [0.25, 0.3) is 0 Å². The molecule has 1 rings (SSSR count). The van der Waals surface area contributed by atoms with Crippen LogP contribution in [-0.4, -0.2) is 6.54 Å². The Kier molecular flexibility index (Phi) is 6.41. The van der Waals surface area contributed by atoms with E-state index >= 15 is 0 Å². The van der Waals surface area contributed by atoms with Crippen LogP contribution in [0.15, 0.2) is 18.2 Å². The Hall–Kier alpha value is -0.670. The molecule has 0 aliphatic carbocycles. The highest BCUT2D eigenvalue weighted by Gasteiger charge is 1.99. The lowest BCUT2D eigenvalue weighted by Gasteiger charge is -2.03. The summed E-state index contributed by atoms with van der Waals surface area (Å²) in [6.07, 6.45) is 1.01. The summed E-state index contributed by atoms with van der Waals surface area (Å²) in [4.78, 5) is 0. The van der Waals surface area contributed by atoms with Crippen LogP contribution >= 0.6 is 12.4 Å². The molecule has 0 amide bonds. The van der Waals surface area contributed by atoms with Gasteiger partial charge in [0.2, 0.25) is 0 Å². The lowest BCUT2D eigenvalue weighted by molar-refractivity contribution is 0.575. The first-order chi connectivity index (χ1) is 6.22. The van der Waals surface area contributed by atoms with Crippen molar-refractivity contribution in [1.29, 1.82) is 0 Å². The van der Waals surface area contributed by atoms with Crippen molar-refractivity contribution >= 4 is 12.4 Å². The second-order valence-electron chi connectivity index (χ2n) is 2.95. The number of hydrogen-bond acceptors (Lipinski definition) is 1. The standard InChI is InChI=1S/C10H13F2N.ClH/c1-2-3-13-7-8-4-9(11)6-10(12)5-8;/h4-6,13H,2-3,7H2,1H3;1H. The van der Waals surface area contributed by atoms with Gasteiger partial charge in [0.1, 0.15) is 11.6 Å². The fourth-order valence-electron chi connectivity index (χ4n) is 1.12. The Morgan fingerprint density at radius 3 is 2.21 bits per heavy atom. The van der Waals surface area contributed by atoms with E-state index in [4.69, 9.17) is 0 Å². The zero-order valence-electron chi connectivity index (χ0n) is 8.02. The maximum absolute atomic E-state index is 12.7. The van der Waals surface area contributed by atoms with E-state index in [0.717, 1.165) is 19.0 Å². The Labute approximate surface area is 88.9 Å². The van der Waals surface area contributed by atoms with Gasteiger partial charge in [0, 0.05) is 12.6 Å². The van der Waals surface area contributed by atoms with Crippen LogP contribution in [0.25, 0.3) is 0 Å². The highest BCUT2D eigenvalue weighted by Crippen LogP contribution is 2.07. The van der Waals surface area contributed by atoms with Crippen LogP contribution in [0.5, 0.6) is 0 Å². The molecule has 0 fully saturated rings. The molecule has 0 aliphatic heterocycles. The minimum Gasteiger partial charge on any atom is -0.313 e. The highest BCUT2D eigenvalue weighted by molar-refractivity contribution is 5.85. The largest absolute Gasteiger partial charge is 0.313 e. The third kappa shape index (κ3) is 4.53. The molecule has 1 aromatic rings. The Bertz CT molecular complexity index is 259. The van der Waals surface area contributed by atoms with Crippen LogP contribution in [0.3, 0.4) is 0 Å². The molecule has 0 radical (unpaired) electrons. The van der Waals surface area contributed by atoms with Crippen molar-refractivity contribution in [2.45, 2.75) is 19.9 Å². The van der Waals surface area contributed by atoms with Gasteiger partial charge in [0.05, 0.1) is 0 Å². The van der Waals surface area contributed by atoms with Crippen LogP contribution in [0.2, 0.25) is 0 Å². The zero-order valence-corrected chi connectivity index (χ0v) is 8.83. The number of hydrogen-bond donors (Lipinski definition) is 1. The van der Waals surface area contributed by atoms with E-state index in [1.807, 2.05) is 6.92 Å². The number of rotatable bonds is 4. The van der Waals surface area contributed by atoms with Gasteiger partial charge >= 0.3 is 0 Å². The molecule has 4 heteroatoms. The average molecular weight is 222 g/mol. The van der Waals surface area contributed by atoms with E-state index in [2.05, 4.69) is 5.32 Å². The molecule has 0 unspecified atom stereocenters. The summed E-state index contributed by atoms with van der Waals surface area (Å²) in [5.41, 5.74) is 0.644. The molecule has 0 saturated heterocycles. The van der Waals surface area contributed by atoms with E-state index in [9.17, 15) is 8.78 Å². The Morgan fingerprint density at radius 2 is 1.71 bits per heavy atom. The first-order valence-electron chi connectivity index (χ1n) is 4.38. The second-order valence-corrected chi connectivity index (χ2v) is 2.95. The van der Waals surface area contributed by atoms with Crippen LogP contribution in [0, 0.1) is 11.6 Å². The molecule has 0 heterocycles. The van der Waals surface area contributed by atoms with Crippen molar-refractivity contribution in [3.63, 3.8) is 0 Å². The molecule has 0 aliphatic rings. The normalized spacial score (nSPS) is 9.64. The Morgan fingerprint density at radius 1 is 1.14 bits per heavy atom. The van der Waals surface area contributed by atoms with Crippen molar-refractivity contribution < 1.29 is 8.78 Å². The van der Waals surface area contributed by atoms with E-state index in [-0.39, 0.29) is 12.4 Å². The van der Waals surface area contributed by atoms with Gasteiger partial charge in [-0.2, -0.15) is 0 Å². The van der Waals surface area contributed by atoms with Crippen molar-refractivity contribution in [3.8, 4) is 0 Å². The van der Waals surface area contributed by atoms with E-state index < -0.39 is 11.6 Å². The van der Waals surface area contributed by atoms with Gasteiger partial charge in [-0.15, -0.1) is 12.4 Å². The van der Waals surface area contributed by atoms with Crippen LogP contribution in [-0.2, 0) is 6.54 Å². The maximum atomic E-state index is 12.7. The summed E-state index contributed by atoms with van der Waals surface area (Å²) in [6.45, 7) is 3.42. The molecule has 0 bridgehead atoms. The van der Waals surface area contributed by atoms with Crippen molar-refractivity contribution in [1.82, 2.24) is 5.32 Å². The van der Waals surface area contributed by atoms with Gasteiger partial charge in [-0.25, -0.2) is 8.78 Å². The molecule has 1 aromatic carbocycles. The summed E-state index contributed by atoms with van der Waals surface area (Å²) in [6, 6.07) is 3.56. The summed E-state index contributed by atoms with van der Waals surface area (Å²) in [7, 11) is 0. The van der Waals surface area contributed by atoms with Crippen LogP contribution in [0.4, 0.5) is 8.78 Å². The van der Waals surface area contributed by atoms with Gasteiger partial charge in [0.15, 0.2) is 0 Å². The SMILES string of the molecule is CCCNCc1cc(F)cc(F)c1.Cl. The molecule has 0 spiro atoms. The van der Waals surface area contributed by atoms with Crippen molar-refractivity contribution in [2.24, 2.45) is 0 Å². The second kappa shape index (κ2) is 6.74. The van der Waals surface area contributed by atoms with Crippen molar-refractivity contribution in [2.75, 3.05) is 6.54 Å². The molecule has 0 saturated carbocycles. The fourth-order valence-corrected chi connectivity index (χ4v) is 1.12. The zero-order chi connectivity index (χ0) is 9.68. The summed E-state index contributed by atoms with van der Waals surface area (Å²) in [5, 5.41) is 3.07. The summed E-state index contributed by atoms with van der Waals surface area (Å²) < 4.78 is 25.3. The van der Waals surface area contributed by atoms with Gasteiger partial charge in [-0.05, 0) is 30.7 Å². The molecular formula is C10H14ClF2N. The smallest absolute Gasteiger partial charge is 0.126 e. The topological polar surface area (TPSA) is 12.0 Å². The van der Waals surface area contributed by atoms with Crippen LogP contribution in [0.1, 0.15) is 18.9 Å². The molecule has 1 N–H and O–H groups in total. The molecule has 1 nitrogen and oxygen atoms in total. The highest BCUT2D eigenvalue weighted by atomic mass is 35.5. The predicted molar refractivity (Wildman–Crippen MR) is 55.6 cm³/mol. The summed E-state index contributed by atoms with van der Waals surface area (Å²) >= 11 is 0. The lowest BCUT2D eigenvalue weighted by Crippen LogP contribution is -2.13. The van der Waals surface area contributed by atoms with Gasteiger partial charge < -0.3 is 5.32 Å². The fraction of sp³-hybridized carbons (Fsp3) is 0.400. The third-order valence-electron chi connectivity index (χ3n) is 1.68. The molecule has 80 valence electrons. The van der Waals surface area contributed by atoms with Gasteiger partial charge in [-0.1, -0.05) is 6.92 Å². The molecule has 14 heavy (non-hydrogen) atoms. The Balaban J connectivity index is 0.00000169. The van der Waals surface area contributed by atoms with Gasteiger partial charge in [-0.3, -0.25) is 0 Å². The van der Waals surface area contributed by atoms with Crippen LogP contribution < -0.4 is 5.32 Å². The molecule has 0 atom stereocenters. The number of nitrogens with one attached hydrogen (secondary N) is 1. The quantitative estimate of drug-likeness (QED) is 0.771. The lowest BCUT2D eigenvalue weighted by atomic mass is 10.2. The van der Waals surface area contributed by atoms with Crippen molar-refractivity contribution in [3.05, 3.63) is 35.4 Å². The first kappa shape index (κ1) is 13.3. The number of benzene rings is 1. The first-order valence-corrected chi connectivity index (χ1v) is 4.38. The van der Waals surface area contributed by atoms with E-state index in [1.165, 1.54) is 12.1 Å². The minimum absolute atomic E-state index is 0. The maximum Gasteiger partial charge on any atom is 0.126 e. The summed E-state index contributed by atoms with van der Waals surface area (Å²) in [5.74, 6) is -1.04. The number of halogens is 3. The average Bonchev–Trinajstić information content (AvgIpc) is 2.03. The third-order valence-corrected chi connectivity index (χ3v) is 1.68. The predicted octanol–water partition coefficient (Wildman–Crippen LogP) is 2.89. The minimum atomic E-state index is -0.520. The van der Waals surface area contributed by atoms with E-state index in [1.54, 1.807) is 0 Å². The van der Waals surface area contributed by atoms with E-state index in [0.29, 0.717) is 12.1 Å². The molecular weight excluding hydrogens is 208 g/mol.